The fraction of sp³-hybridized carbons (Fsp3) is 0.533. The minimum Gasteiger partial charge on any atom is -0.382 e. The number of hydrogen-bond donors (Lipinski definition) is 0. The van der Waals surface area contributed by atoms with E-state index in [0.29, 0.717) is 12.1 Å². The molecule has 3 nitrogen and oxygen atoms in total. The zero-order valence-electron chi connectivity index (χ0n) is 21.2. The van der Waals surface area contributed by atoms with E-state index in [1.54, 1.807) is 7.11 Å². The van der Waals surface area contributed by atoms with E-state index in [2.05, 4.69) is 61.5 Å². The largest absolute Gasteiger partial charge is 0.427 e. The Balaban J connectivity index is 2.33. The van der Waals surface area contributed by atoms with Gasteiger partial charge in [-0.15, -0.1) is 19.7 Å². The lowest BCUT2D eigenvalue weighted by molar-refractivity contribution is 0.0702. The molecular weight excluding hydrogens is 436 g/mol. The summed E-state index contributed by atoms with van der Waals surface area (Å²) in [6, 6.07) is 10.6. The Morgan fingerprint density at radius 1 is 0.941 bits per heavy atom. The van der Waals surface area contributed by atoms with Crippen molar-refractivity contribution in [1.29, 1.82) is 0 Å². The van der Waals surface area contributed by atoms with E-state index < -0.39 is 8.56 Å². The van der Waals surface area contributed by atoms with Gasteiger partial charge in [-0.2, -0.15) is 0 Å². The van der Waals surface area contributed by atoms with Gasteiger partial charge in [0.15, 0.2) is 0 Å². The average molecular weight is 481 g/mol. The average Bonchev–Trinajstić information content (AvgIpc) is 3.41. The fourth-order valence-corrected chi connectivity index (χ4v) is 8.36. The van der Waals surface area contributed by atoms with Gasteiger partial charge < -0.3 is 13.6 Å². The van der Waals surface area contributed by atoms with Gasteiger partial charge in [0.05, 0.1) is 6.10 Å². The van der Waals surface area contributed by atoms with Crippen LogP contribution in [-0.4, -0.2) is 34.5 Å². The lowest BCUT2D eigenvalue weighted by Crippen LogP contribution is -2.50. The molecule has 34 heavy (non-hydrogen) atoms. The second-order valence-electron chi connectivity index (χ2n) is 9.14. The van der Waals surface area contributed by atoms with E-state index in [9.17, 15) is 0 Å². The van der Waals surface area contributed by atoms with Gasteiger partial charge in [0, 0.05) is 18.8 Å². The highest BCUT2D eigenvalue weighted by atomic mass is 28.4. The molecule has 0 amide bonds. The summed E-state index contributed by atoms with van der Waals surface area (Å²) in [4.78, 5) is 0. The first-order valence-corrected chi connectivity index (χ1v) is 14.8. The first kappa shape index (κ1) is 28.3. The van der Waals surface area contributed by atoms with Crippen LogP contribution in [0, 0.1) is 11.5 Å². The van der Waals surface area contributed by atoms with E-state index in [4.69, 9.17) is 13.6 Å². The standard InChI is InChI=1S/C30H44O3Si/c1-5-8-19-29(20-9-6-2)33-34(26-15-25-31-4,30-21-13-14-22-30)32-28(16-7-3)24-23-27-17-11-10-12-18-27/h5-7,10-12,17-18,28-30H,1-3,8-9,13-14,16,19-25H2,4H3. The molecule has 0 bridgehead atoms. The van der Waals surface area contributed by atoms with Crippen LogP contribution in [0.1, 0.15) is 69.8 Å². The Kier molecular flexibility index (Phi) is 13.9. The van der Waals surface area contributed by atoms with Gasteiger partial charge >= 0.3 is 8.56 Å². The summed E-state index contributed by atoms with van der Waals surface area (Å²) in [5, 5.41) is 0. The highest BCUT2D eigenvalue weighted by Gasteiger charge is 2.49. The quantitative estimate of drug-likeness (QED) is 0.131. The SMILES string of the molecule is C=CCCC(CCC=C)O[Si](C#CCOC)(OC(CC=C)CCc1ccccc1)C1CCCC1. The van der Waals surface area contributed by atoms with E-state index >= 15 is 0 Å². The number of allylic oxidation sites excluding steroid dienone is 2. The molecule has 1 saturated carbocycles. The third-order valence-corrected chi connectivity index (χ3v) is 10.0. The van der Waals surface area contributed by atoms with Gasteiger partial charge in [-0.3, -0.25) is 0 Å². The number of benzene rings is 1. The van der Waals surface area contributed by atoms with Gasteiger partial charge in [0.2, 0.25) is 0 Å². The number of methoxy groups -OCH3 is 1. The molecule has 0 radical (unpaired) electrons. The summed E-state index contributed by atoms with van der Waals surface area (Å²) >= 11 is 0. The van der Waals surface area contributed by atoms with Gasteiger partial charge in [0.25, 0.3) is 0 Å². The van der Waals surface area contributed by atoms with Crippen molar-refractivity contribution in [1.82, 2.24) is 0 Å². The zero-order valence-corrected chi connectivity index (χ0v) is 22.2. The van der Waals surface area contributed by atoms with Crippen LogP contribution >= 0.6 is 0 Å². The third-order valence-electron chi connectivity index (χ3n) is 6.47. The molecule has 1 aliphatic carbocycles. The lowest BCUT2D eigenvalue weighted by Gasteiger charge is -2.37. The zero-order chi connectivity index (χ0) is 24.5. The number of hydrogen-bond acceptors (Lipinski definition) is 3. The summed E-state index contributed by atoms with van der Waals surface area (Å²) in [6.07, 6.45) is 17.2. The molecule has 1 aliphatic rings. The summed E-state index contributed by atoms with van der Waals surface area (Å²) in [5.74, 6) is 3.27. The predicted octanol–water partition coefficient (Wildman–Crippen LogP) is 7.47. The summed E-state index contributed by atoms with van der Waals surface area (Å²) in [6.45, 7) is 12.3. The summed E-state index contributed by atoms with van der Waals surface area (Å²) in [7, 11) is -1.17. The first-order chi connectivity index (χ1) is 16.7. The van der Waals surface area contributed by atoms with Crippen LogP contribution in [0.25, 0.3) is 0 Å². The molecule has 2 atom stereocenters. The van der Waals surface area contributed by atoms with Crippen LogP contribution < -0.4 is 0 Å². The van der Waals surface area contributed by atoms with Crippen molar-refractivity contribution < 1.29 is 13.6 Å². The monoisotopic (exact) mass is 480 g/mol. The van der Waals surface area contributed by atoms with Crippen molar-refractivity contribution >= 4 is 8.56 Å². The molecular formula is C30H44O3Si. The first-order valence-electron chi connectivity index (χ1n) is 12.9. The summed E-state index contributed by atoms with van der Waals surface area (Å²) in [5.41, 5.74) is 5.29. The van der Waals surface area contributed by atoms with Crippen LogP contribution in [0.5, 0.6) is 0 Å². The smallest absolute Gasteiger partial charge is 0.382 e. The molecule has 1 aromatic carbocycles. The molecule has 4 heteroatoms. The molecule has 0 N–H and O–H groups in total. The Morgan fingerprint density at radius 3 is 2.18 bits per heavy atom. The van der Waals surface area contributed by atoms with E-state index in [1.807, 2.05) is 18.2 Å². The molecule has 2 unspecified atom stereocenters. The van der Waals surface area contributed by atoms with Crippen molar-refractivity contribution in [2.24, 2.45) is 0 Å². The van der Waals surface area contributed by atoms with E-state index in [-0.39, 0.29) is 12.2 Å². The van der Waals surface area contributed by atoms with Crippen molar-refractivity contribution in [2.45, 2.75) is 88.4 Å². The van der Waals surface area contributed by atoms with Crippen molar-refractivity contribution in [3.05, 3.63) is 73.9 Å². The van der Waals surface area contributed by atoms with Gasteiger partial charge in [-0.1, -0.05) is 72.9 Å². The van der Waals surface area contributed by atoms with Crippen LogP contribution in [-0.2, 0) is 20.0 Å². The Morgan fingerprint density at radius 2 is 1.59 bits per heavy atom. The Hall–Kier alpha value is -1.90. The topological polar surface area (TPSA) is 27.7 Å². The maximum Gasteiger partial charge on any atom is 0.427 e. The minimum atomic E-state index is -2.86. The van der Waals surface area contributed by atoms with Gasteiger partial charge in [-0.25, -0.2) is 0 Å². The van der Waals surface area contributed by atoms with Crippen LogP contribution in [0.4, 0.5) is 0 Å². The Labute approximate surface area is 209 Å². The highest BCUT2D eigenvalue weighted by Crippen LogP contribution is 2.42. The highest BCUT2D eigenvalue weighted by molar-refractivity contribution is 6.77. The van der Waals surface area contributed by atoms with E-state index in [1.165, 1.54) is 18.4 Å². The second-order valence-corrected chi connectivity index (χ2v) is 12.0. The number of ether oxygens (including phenoxy) is 1. The number of rotatable bonds is 17. The third kappa shape index (κ3) is 9.76. The molecule has 186 valence electrons. The van der Waals surface area contributed by atoms with Crippen molar-refractivity contribution in [3.8, 4) is 11.5 Å². The second kappa shape index (κ2) is 16.7. The molecule has 0 heterocycles. The lowest BCUT2D eigenvalue weighted by atomic mass is 10.1. The van der Waals surface area contributed by atoms with Crippen LogP contribution in [0.3, 0.4) is 0 Å². The fourth-order valence-electron chi connectivity index (χ4n) is 4.67. The summed E-state index contributed by atoms with van der Waals surface area (Å²) < 4.78 is 19.4. The van der Waals surface area contributed by atoms with Gasteiger partial charge in [0.1, 0.15) is 6.61 Å². The minimum absolute atomic E-state index is 0.0428. The van der Waals surface area contributed by atoms with Gasteiger partial charge in [-0.05, 0) is 63.4 Å². The molecule has 0 spiro atoms. The Bertz CT molecular complexity index is 763. The maximum atomic E-state index is 7.09. The molecule has 0 aromatic heterocycles. The predicted molar refractivity (Wildman–Crippen MR) is 146 cm³/mol. The normalized spacial score (nSPS) is 16.4. The van der Waals surface area contributed by atoms with Crippen molar-refractivity contribution in [3.63, 3.8) is 0 Å². The van der Waals surface area contributed by atoms with E-state index in [0.717, 1.165) is 57.8 Å². The van der Waals surface area contributed by atoms with Crippen LogP contribution in [0.15, 0.2) is 68.3 Å². The van der Waals surface area contributed by atoms with Crippen LogP contribution in [0.2, 0.25) is 5.54 Å². The molecule has 2 rings (SSSR count). The van der Waals surface area contributed by atoms with Crippen molar-refractivity contribution in [2.75, 3.05) is 13.7 Å². The molecule has 0 aliphatic heterocycles. The maximum absolute atomic E-state index is 7.09. The molecule has 1 aromatic rings. The number of aryl methyl sites for hydroxylation is 1. The molecule has 1 fully saturated rings. The molecule has 0 saturated heterocycles.